The molecule has 0 radical (unpaired) electrons. The fourth-order valence-corrected chi connectivity index (χ4v) is 3.78. The number of rotatable bonds is 4. The van der Waals surface area contributed by atoms with E-state index < -0.39 is 0 Å². The zero-order valence-electron chi connectivity index (χ0n) is 16.4. The average molecular weight is 351 g/mol. The number of allylic oxidation sites excluding steroid dienone is 8. The minimum absolute atomic E-state index is 0.441. The van der Waals surface area contributed by atoms with E-state index in [0.29, 0.717) is 5.92 Å². The van der Waals surface area contributed by atoms with Crippen LogP contribution in [-0.2, 0) is 0 Å². The fourth-order valence-electron chi connectivity index (χ4n) is 3.78. The van der Waals surface area contributed by atoms with E-state index in [4.69, 9.17) is 6.42 Å². The maximum absolute atomic E-state index is 5.39. The van der Waals surface area contributed by atoms with Gasteiger partial charge in [0, 0.05) is 5.92 Å². The highest BCUT2D eigenvalue weighted by molar-refractivity contribution is 5.84. The highest BCUT2D eigenvalue weighted by atomic mass is 14.2. The summed E-state index contributed by atoms with van der Waals surface area (Å²) >= 11 is 0. The van der Waals surface area contributed by atoms with Crippen LogP contribution in [0, 0.1) is 19.3 Å². The molecule has 0 heterocycles. The molecule has 3 rings (SSSR count). The Hall–Kier alpha value is -3.04. The Balaban J connectivity index is 2.07. The maximum atomic E-state index is 5.39. The van der Waals surface area contributed by atoms with Crippen LogP contribution in [0.25, 0.3) is 11.1 Å². The monoisotopic (exact) mass is 350 g/mol. The van der Waals surface area contributed by atoms with E-state index in [9.17, 15) is 0 Å². The van der Waals surface area contributed by atoms with Gasteiger partial charge in [0.15, 0.2) is 0 Å². The molecule has 1 aliphatic carbocycles. The number of hydrogen-bond acceptors (Lipinski definition) is 0. The van der Waals surface area contributed by atoms with Crippen molar-refractivity contribution in [3.05, 3.63) is 107 Å². The van der Waals surface area contributed by atoms with Crippen molar-refractivity contribution in [3.8, 4) is 12.3 Å². The Morgan fingerprint density at radius 2 is 1.89 bits per heavy atom. The summed E-state index contributed by atoms with van der Waals surface area (Å²) in [7, 11) is 0. The third kappa shape index (κ3) is 4.04. The zero-order valence-corrected chi connectivity index (χ0v) is 16.4. The minimum atomic E-state index is 0.441. The molecular weight excluding hydrogens is 324 g/mol. The van der Waals surface area contributed by atoms with E-state index in [2.05, 4.69) is 86.5 Å². The van der Waals surface area contributed by atoms with Crippen molar-refractivity contribution in [1.29, 1.82) is 0 Å². The number of aryl methyl sites for hydroxylation is 1. The summed E-state index contributed by atoms with van der Waals surface area (Å²) in [5, 5.41) is 0. The molecule has 0 saturated carbocycles. The van der Waals surface area contributed by atoms with Crippen LogP contribution in [0.4, 0.5) is 0 Å². The minimum Gasteiger partial charge on any atom is -0.115 e. The van der Waals surface area contributed by atoms with Crippen LogP contribution < -0.4 is 0 Å². The van der Waals surface area contributed by atoms with Gasteiger partial charge in [-0.25, -0.2) is 0 Å². The predicted octanol–water partition coefficient (Wildman–Crippen LogP) is 7.10. The summed E-state index contributed by atoms with van der Waals surface area (Å²) in [6, 6.07) is 17.5. The van der Waals surface area contributed by atoms with Gasteiger partial charge < -0.3 is 0 Å². The van der Waals surface area contributed by atoms with Crippen molar-refractivity contribution in [1.82, 2.24) is 0 Å². The molecule has 134 valence electrons. The summed E-state index contributed by atoms with van der Waals surface area (Å²) in [5.41, 5.74) is 9.10. The lowest BCUT2D eigenvalue weighted by atomic mass is 9.80. The summed E-state index contributed by atoms with van der Waals surface area (Å²) in [5.74, 6) is 3.02. The van der Waals surface area contributed by atoms with Gasteiger partial charge in [0.2, 0.25) is 0 Å². The second-order valence-electron chi connectivity index (χ2n) is 6.97. The van der Waals surface area contributed by atoms with E-state index in [1.807, 2.05) is 13.0 Å². The third-order valence-electron chi connectivity index (χ3n) is 5.34. The number of benzene rings is 2. The van der Waals surface area contributed by atoms with Crippen LogP contribution >= 0.6 is 0 Å². The van der Waals surface area contributed by atoms with Gasteiger partial charge in [-0.2, -0.15) is 0 Å². The largest absolute Gasteiger partial charge is 0.115 e. The van der Waals surface area contributed by atoms with Crippen LogP contribution in [0.15, 0.2) is 84.5 Å². The Morgan fingerprint density at radius 1 is 1.11 bits per heavy atom. The number of hydrogen-bond donors (Lipinski definition) is 0. The molecule has 0 aliphatic heterocycles. The van der Waals surface area contributed by atoms with Gasteiger partial charge >= 0.3 is 0 Å². The molecule has 0 saturated heterocycles. The van der Waals surface area contributed by atoms with Crippen LogP contribution in [0.3, 0.4) is 0 Å². The molecule has 1 unspecified atom stereocenters. The van der Waals surface area contributed by atoms with Crippen LogP contribution in [0.5, 0.6) is 0 Å². The van der Waals surface area contributed by atoms with E-state index in [1.165, 1.54) is 33.4 Å². The zero-order chi connectivity index (χ0) is 19.2. The quantitative estimate of drug-likeness (QED) is 0.407. The third-order valence-corrected chi connectivity index (χ3v) is 5.34. The normalized spacial score (nSPS) is 17.4. The first-order valence-electron chi connectivity index (χ1n) is 9.48. The fraction of sp³-hybridized carbons (Fsp3) is 0.185. The highest BCUT2D eigenvalue weighted by Crippen LogP contribution is 2.39. The standard InChI is InChI=1S/C27H26/c1-5-7-12-22(6-2)24-18-17-20(3)27(19-24)26-16-11-15-25(21(26)4)23-13-9-8-10-14-23/h1,6-14,16-19,25H,15H2,2-4H3/b12-7-,22-6+. The van der Waals surface area contributed by atoms with Gasteiger partial charge in [0.05, 0.1) is 0 Å². The molecule has 0 heteroatoms. The molecule has 0 aromatic heterocycles. The molecule has 0 amide bonds. The summed E-state index contributed by atoms with van der Waals surface area (Å²) in [6.45, 7) is 6.51. The van der Waals surface area contributed by atoms with Gasteiger partial charge in [-0.05, 0) is 78.8 Å². The number of terminal acetylenes is 1. The Labute approximate surface area is 163 Å². The Kier molecular flexibility index (Phi) is 5.94. The lowest BCUT2D eigenvalue weighted by Crippen LogP contribution is -2.06. The van der Waals surface area contributed by atoms with Gasteiger partial charge in [0.25, 0.3) is 0 Å². The summed E-state index contributed by atoms with van der Waals surface area (Å²) in [6.07, 6.45) is 16.9. The van der Waals surface area contributed by atoms with E-state index in [0.717, 1.165) is 12.0 Å². The predicted molar refractivity (Wildman–Crippen MR) is 118 cm³/mol. The molecule has 1 atom stereocenters. The van der Waals surface area contributed by atoms with Crippen LogP contribution in [-0.4, -0.2) is 0 Å². The topological polar surface area (TPSA) is 0 Å². The average Bonchev–Trinajstić information content (AvgIpc) is 2.70. The van der Waals surface area contributed by atoms with Gasteiger partial charge in [-0.1, -0.05) is 72.2 Å². The molecule has 1 aliphatic rings. The molecule has 0 bridgehead atoms. The molecule has 0 fully saturated rings. The van der Waals surface area contributed by atoms with E-state index in [1.54, 1.807) is 6.08 Å². The molecule has 2 aromatic carbocycles. The summed E-state index contributed by atoms with van der Waals surface area (Å²) < 4.78 is 0. The van der Waals surface area contributed by atoms with Crippen LogP contribution in [0.2, 0.25) is 0 Å². The van der Waals surface area contributed by atoms with Crippen molar-refractivity contribution < 1.29 is 0 Å². The van der Waals surface area contributed by atoms with Crippen molar-refractivity contribution in [2.45, 2.75) is 33.1 Å². The first-order valence-corrected chi connectivity index (χ1v) is 9.48. The van der Waals surface area contributed by atoms with Gasteiger partial charge in [0.1, 0.15) is 0 Å². The molecule has 0 nitrogen and oxygen atoms in total. The van der Waals surface area contributed by atoms with E-state index >= 15 is 0 Å². The first kappa shape index (κ1) is 18.7. The molecule has 0 N–H and O–H groups in total. The Bertz CT molecular complexity index is 972. The van der Waals surface area contributed by atoms with Crippen molar-refractivity contribution in [2.24, 2.45) is 0 Å². The van der Waals surface area contributed by atoms with E-state index in [-0.39, 0.29) is 0 Å². The Morgan fingerprint density at radius 3 is 2.59 bits per heavy atom. The lowest BCUT2D eigenvalue weighted by Gasteiger charge is -2.25. The summed E-state index contributed by atoms with van der Waals surface area (Å²) in [4.78, 5) is 0. The van der Waals surface area contributed by atoms with Gasteiger partial charge in [-0.3, -0.25) is 0 Å². The van der Waals surface area contributed by atoms with Crippen molar-refractivity contribution >= 4 is 11.1 Å². The first-order chi connectivity index (χ1) is 13.2. The molecular formula is C27H26. The lowest BCUT2D eigenvalue weighted by molar-refractivity contribution is 0.802. The molecule has 27 heavy (non-hydrogen) atoms. The maximum Gasteiger partial charge on any atom is 0.00892 e. The smallest absolute Gasteiger partial charge is 0.00892 e. The second-order valence-corrected chi connectivity index (χ2v) is 6.97. The van der Waals surface area contributed by atoms with Gasteiger partial charge in [-0.15, -0.1) is 6.42 Å². The molecule has 0 spiro atoms. The molecule has 2 aromatic rings. The SMILES string of the molecule is C#C/C=C\C(=C/C)c1ccc(C)c(C2=C(C)C(c3ccccc3)CC=C2)c1. The van der Waals surface area contributed by atoms with Crippen molar-refractivity contribution in [3.63, 3.8) is 0 Å². The second kappa shape index (κ2) is 8.56. The highest BCUT2D eigenvalue weighted by Gasteiger charge is 2.20. The van der Waals surface area contributed by atoms with Crippen molar-refractivity contribution in [2.75, 3.05) is 0 Å². The van der Waals surface area contributed by atoms with Crippen LogP contribution in [0.1, 0.15) is 48.4 Å².